The Hall–Kier alpha value is -0.860. The van der Waals surface area contributed by atoms with E-state index in [1.54, 1.807) is 0 Å². The first-order valence-electron chi connectivity index (χ1n) is 4.09. The molecule has 0 bridgehead atoms. The van der Waals surface area contributed by atoms with Crippen molar-refractivity contribution in [2.24, 2.45) is 0 Å². The molecule has 1 aromatic carbocycles. The Bertz CT molecular complexity index is 184. The molecule has 12 heavy (non-hydrogen) atoms. The van der Waals surface area contributed by atoms with Gasteiger partial charge in [0.05, 0.1) is 0 Å². The van der Waals surface area contributed by atoms with Crippen LogP contribution < -0.4 is 0 Å². The SMILES string of the molecule is CCC(C)c1ccccc1.OO. The molecule has 68 valence electrons. The average Bonchev–Trinajstić information content (AvgIpc) is 2.21. The molecule has 0 fully saturated rings. The van der Waals surface area contributed by atoms with Gasteiger partial charge in [0.25, 0.3) is 0 Å². The lowest BCUT2D eigenvalue weighted by atomic mass is 9.99. The summed E-state index contributed by atoms with van der Waals surface area (Å²) in [7, 11) is 0. The molecule has 2 heteroatoms. The van der Waals surface area contributed by atoms with Gasteiger partial charge in [0.15, 0.2) is 0 Å². The van der Waals surface area contributed by atoms with Crippen molar-refractivity contribution in [2.45, 2.75) is 26.2 Å². The quantitative estimate of drug-likeness (QED) is 0.525. The Morgan fingerprint density at radius 3 is 2.08 bits per heavy atom. The lowest BCUT2D eigenvalue weighted by Crippen LogP contribution is -1.88. The van der Waals surface area contributed by atoms with Crippen LogP contribution in [0.1, 0.15) is 31.7 Å². The van der Waals surface area contributed by atoms with Crippen LogP contribution in [0.2, 0.25) is 0 Å². The summed E-state index contributed by atoms with van der Waals surface area (Å²) in [6.07, 6.45) is 1.23. The van der Waals surface area contributed by atoms with Gasteiger partial charge in [-0.2, -0.15) is 0 Å². The van der Waals surface area contributed by atoms with Crippen molar-refractivity contribution in [3.05, 3.63) is 35.9 Å². The molecule has 0 aliphatic heterocycles. The molecule has 0 amide bonds. The summed E-state index contributed by atoms with van der Waals surface area (Å²) in [6, 6.07) is 10.6. The lowest BCUT2D eigenvalue weighted by Gasteiger charge is -2.06. The normalized spacial score (nSPS) is 11.3. The Morgan fingerprint density at radius 1 is 1.17 bits per heavy atom. The van der Waals surface area contributed by atoms with E-state index in [1.165, 1.54) is 12.0 Å². The highest BCUT2D eigenvalue weighted by molar-refractivity contribution is 5.18. The minimum atomic E-state index is 0.709. The van der Waals surface area contributed by atoms with Crippen LogP contribution in [0.3, 0.4) is 0 Å². The molecule has 2 N–H and O–H groups in total. The average molecular weight is 168 g/mol. The number of hydrogen-bond acceptors (Lipinski definition) is 2. The fourth-order valence-electron chi connectivity index (χ4n) is 1.02. The first-order valence-corrected chi connectivity index (χ1v) is 4.09. The lowest BCUT2D eigenvalue weighted by molar-refractivity contribution is -0.176. The van der Waals surface area contributed by atoms with Gasteiger partial charge < -0.3 is 0 Å². The van der Waals surface area contributed by atoms with E-state index in [2.05, 4.69) is 44.2 Å². The van der Waals surface area contributed by atoms with E-state index < -0.39 is 0 Å². The topological polar surface area (TPSA) is 40.5 Å². The van der Waals surface area contributed by atoms with Crippen LogP contribution in [-0.2, 0) is 0 Å². The molecule has 0 heterocycles. The summed E-state index contributed by atoms with van der Waals surface area (Å²) in [6.45, 7) is 4.48. The van der Waals surface area contributed by atoms with Crippen molar-refractivity contribution in [3.8, 4) is 0 Å². The van der Waals surface area contributed by atoms with Gasteiger partial charge in [-0.25, -0.2) is 0 Å². The minimum Gasteiger partial charge on any atom is -0.255 e. The Balaban J connectivity index is 0.000000561. The summed E-state index contributed by atoms with van der Waals surface area (Å²) in [5, 5.41) is 12.0. The predicted octanol–water partition coefficient (Wildman–Crippen LogP) is 3.22. The molecule has 0 radical (unpaired) electrons. The fourth-order valence-corrected chi connectivity index (χ4v) is 1.02. The Kier molecular flexibility index (Phi) is 6.34. The molecule has 0 aliphatic rings. The molecule has 1 unspecified atom stereocenters. The number of rotatable bonds is 2. The third-order valence-electron chi connectivity index (χ3n) is 1.98. The van der Waals surface area contributed by atoms with Crippen molar-refractivity contribution in [1.82, 2.24) is 0 Å². The first kappa shape index (κ1) is 11.1. The second-order valence-electron chi connectivity index (χ2n) is 2.72. The van der Waals surface area contributed by atoms with Crippen molar-refractivity contribution < 1.29 is 10.5 Å². The number of benzene rings is 1. The van der Waals surface area contributed by atoms with Gasteiger partial charge in [0.1, 0.15) is 0 Å². The first-order chi connectivity index (χ1) is 5.84. The number of hydrogen-bond donors (Lipinski definition) is 2. The van der Waals surface area contributed by atoms with Gasteiger partial charge in [-0.05, 0) is 17.9 Å². The highest BCUT2D eigenvalue weighted by atomic mass is 17.0. The van der Waals surface area contributed by atoms with E-state index >= 15 is 0 Å². The fraction of sp³-hybridized carbons (Fsp3) is 0.400. The molecule has 2 nitrogen and oxygen atoms in total. The molecule has 1 atom stereocenters. The van der Waals surface area contributed by atoms with Crippen LogP contribution in [0.25, 0.3) is 0 Å². The minimum absolute atomic E-state index is 0.709. The highest BCUT2D eigenvalue weighted by Crippen LogP contribution is 2.16. The van der Waals surface area contributed by atoms with E-state index in [-0.39, 0.29) is 0 Å². The van der Waals surface area contributed by atoms with Crippen LogP contribution in [0, 0.1) is 0 Å². The monoisotopic (exact) mass is 168 g/mol. The third-order valence-corrected chi connectivity index (χ3v) is 1.98. The van der Waals surface area contributed by atoms with E-state index in [1.807, 2.05) is 0 Å². The van der Waals surface area contributed by atoms with Crippen LogP contribution >= 0.6 is 0 Å². The van der Waals surface area contributed by atoms with Gasteiger partial charge in [0.2, 0.25) is 0 Å². The molecule has 0 saturated heterocycles. The second-order valence-corrected chi connectivity index (χ2v) is 2.72. The van der Waals surface area contributed by atoms with Crippen molar-refractivity contribution in [3.63, 3.8) is 0 Å². The van der Waals surface area contributed by atoms with Crippen LogP contribution in [-0.4, -0.2) is 10.5 Å². The molecule has 0 aromatic heterocycles. The van der Waals surface area contributed by atoms with Crippen molar-refractivity contribution in [1.29, 1.82) is 0 Å². The van der Waals surface area contributed by atoms with Crippen molar-refractivity contribution >= 4 is 0 Å². The zero-order valence-electron chi connectivity index (χ0n) is 7.57. The maximum absolute atomic E-state index is 6.00. The maximum Gasteiger partial charge on any atom is -0.0193 e. The Labute approximate surface area is 73.4 Å². The Morgan fingerprint density at radius 2 is 1.67 bits per heavy atom. The maximum atomic E-state index is 6.00. The summed E-state index contributed by atoms with van der Waals surface area (Å²) in [4.78, 5) is 0. The highest BCUT2D eigenvalue weighted by Gasteiger charge is 1.98. The van der Waals surface area contributed by atoms with E-state index in [0.29, 0.717) is 5.92 Å². The summed E-state index contributed by atoms with van der Waals surface area (Å²) in [5.41, 5.74) is 1.45. The van der Waals surface area contributed by atoms with E-state index in [9.17, 15) is 0 Å². The molecule has 0 spiro atoms. The van der Waals surface area contributed by atoms with Gasteiger partial charge in [-0.15, -0.1) is 0 Å². The van der Waals surface area contributed by atoms with Crippen LogP contribution in [0.4, 0.5) is 0 Å². The third kappa shape index (κ3) is 3.51. The van der Waals surface area contributed by atoms with Crippen LogP contribution in [0.5, 0.6) is 0 Å². The largest absolute Gasteiger partial charge is 0.255 e. The molecular formula is C10H16O2. The van der Waals surface area contributed by atoms with E-state index in [4.69, 9.17) is 10.5 Å². The second kappa shape index (κ2) is 6.83. The zero-order valence-corrected chi connectivity index (χ0v) is 7.57. The van der Waals surface area contributed by atoms with Gasteiger partial charge >= 0.3 is 0 Å². The molecule has 0 saturated carbocycles. The molecule has 0 aliphatic carbocycles. The molecular weight excluding hydrogens is 152 g/mol. The van der Waals surface area contributed by atoms with Gasteiger partial charge in [0, 0.05) is 0 Å². The van der Waals surface area contributed by atoms with E-state index in [0.717, 1.165) is 0 Å². The zero-order chi connectivity index (χ0) is 9.40. The van der Waals surface area contributed by atoms with Crippen LogP contribution in [0.15, 0.2) is 30.3 Å². The molecule has 1 aromatic rings. The van der Waals surface area contributed by atoms with Gasteiger partial charge in [-0.1, -0.05) is 44.2 Å². The summed E-state index contributed by atoms with van der Waals surface area (Å²) < 4.78 is 0. The smallest absolute Gasteiger partial charge is 0.0193 e. The standard InChI is InChI=1S/C10H14.H2O2/c1-3-9(2)10-7-5-4-6-8-10;1-2/h4-9H,3H2,1-2H3;1-2H. The summed E-state index contributed by atoms with van der Waals surface area (Å²) >= 11 is 0. The predicted molar refractivity (Wildman–Crippen MR) is 50.4 cm³/mol. The molecule has 1 rings (SSSR count). The van der Waals surface area contributed by atoms with Gasteiger partial charge in [-0.3, -0.25) is 10.5 Å². The van der Waals surface area contributed by atoms with Crippen molar-refractivity contribution in [2.75, 3.05) is 0 Å². The summed E-state index contributed by atoms with van der Waals surface area (Å²) in [5.74, 6) is 0.709.